The third kappa shape index (κ3) is 7.39. The second-order valence-electron chi connectivity index (χ2n) is 17.1. The van der Waals surface area contributed by atoms with Crippen LogP contribution in [0.5, 0.6) is 0 Å². The highest BCUT2D eigenvalue weighted by Gasteiger charge is 2.18. The van der Waals surface area contributed by atoms with E-state index in [2.05, 4.69) is 202 Å². The van der Waals surface area contributed by atoms with Crippen LogP contribution >= 0.6 is 0 Å². The van der Waals surface area contributed by atoms with Gasteiger partial charge in [-0.05, 0) is 115 Å². The average molecular weight is 856 g/mol. The molecule has 0 atom stereocenters. The largest absolute Gasteiger partial charge is 0.254 e. The van der Waals surface area contributed by atoms with E-state index in [0.717, 1.165) is 88.2 Å². The van der Waals surface area contributed by atoms with Crippen molar-refractivity contribution < 1.29 is 0 Å². The summed E-state index contributed by atoms with van der Waals surface area (Å²) in [5, 5.41) is 6.74. The van der Waals surface area contributed by atoms with Gasteiger partial charge in [-0.25, -0.2) is 15.0 Å². The zero-order chi connectivity index (χ0) is 44.8. The van der Waals surface area contributed by atoms with E-state index in [4.69, 9.17) is 24.9 Å². The molecule has 9 aromatic carbocycles. The smallest absolute Gasteiger partial charge is 0.164 e. The Morgan fingerprint density at radius 1 is 0.343 bits per heavy atom. The zero-order valence-electron chi connectivity index (χ0n) is 36.7. The fraction of sp³-hybridized carbons (Fsp3) is 0.0161. The van der Waals surface area contributed by atoms with Crippen LogP contribution in [-0.4, -0.2) is 24.9 Å². The van der Waals surface area contributed by atoms with Gasteiger partial charge in [0.2, 0.25) is 0 Å². The van der Waals surface area contributed by atoms with Gasteiger partial charge in [-0.2, -0.15) is 0 Å². The highest BCUT2D eigenvalue weighted by atomic mass is 15.0. The molecule has 314 valence electrons. The molecule has 0 radical (unpaired) electrons. The molecular weight excluding hydrogens is 815 g/mol. The molecule has 0 unspecified atom stereocenters. The van der Waals surface area contributed by atoms with Gasteiger partial charge in [0.05, 0.1) is 11.0 Å². The number of fused-ring (bicyclic) bond motifs is 5. The van der Waals surface area contributed by atoms with Gasteiger partial charge in [0.1, 0.15) is 0 Å². The van der Waals surface area contributed by atoms with Gasteiger partial charge in [0, 0.05) is 45.4 Å². The second-order valence-corrected chi connectivity index (χ2v) is 17.1. The van der Waals surface area contributed by atoms with E-state index < -0.39 is 0 Å². The molecule has 0 aliphatic heterocycles. The number of nitrogens with zero attached hydrogens (tertiary/aromatic N) is 5. The predicted molar refractivity (Wildman–Crippen MR) is 278 cm³/mol. The monoisotopic (exact) mass is 855 g/mol. The number of benzene rings is 9. The number of aromatic nitrogens is 5. The van der Waals surface area contributed by atoms with E-state index in [1.54, 1.807) is 0 Å². The highest BCUT2D eigenvalue weighted by Crippen LogP contribution is 2.39. The average Bonchev–Trinajstić information content (AvgIpc) is 3.40. The highest BCUT2D eigenvalue weighted by molar-refractivity contribution is 6.08. The normalized spacial score (nSPS) is 11.4. The maximum absolute atomic E-state index is 5.25. The van der Waals surface area contributed by atoms with Crippen LogP contribution in [0.3, 0.4) is 0 Å². The predicted octanol–water partition coefficient (Wildman–Crippen LogP) is 15.9. The lowest BCUT2D eigenvalue weighted by Gasteiger charge is -2.15. The van der Waals surface area contributed by atoms with Crippen molar-refractivity contribution in [3.05, 3.63) is 230 Å². The minimum atomic E-state index is 0.583. The SMILES string of the molecule is C=Cc1cc2cc(C)cnc2c2ncc(-c3ccc(-c4nc(-c5ccc(-c6cccc7ccccc67)cc5)nc(-c5ccc6cc(-c7ccccc7)ccc6c5)n4)cc3-c3ccccc3)cc12. The summed E-state index contributed by atoms with van der Waals surface area (Å²) in [6.07, 6.45) is 5.76. The first kappa shape index (κ1) is 39.6. The molecule has 0 saturated heterocycles. The van der Waals surface area contributed by atoms with E-state index >= 15 is 0 Å². The summed E-state index contributed by atoms with van der Waals surface area (Å²) < 4.78 is 0. The molecule has 12 aromatic rings. The minimum Gasteiger partial charge on any atom is -0.254 e. The van der Waals surface area contributed by atoms with Crippen molar-refractivity contribution >= 4 is 49.4 Å². The Morgan fingerprint density at radius 3 is 1.69 bits per heavy atom. The quantitative estimate of drug-likeness (QED) is 0.142. The van der Waals surface area contributed by atoms with Gasteiger partial charge >= 0.3 is 0 Å². The summed E-state index contributed by atoms with van der Waals surface area (Å²) in [7, 11) is 0. The molecule has 0 fully saturated rings. The van der Waals surface area contributed by atoms with Gasteiger partial charge in [0.15, 0.2) is 17.5 Å². The molecule has 0 aliphatic rings. The maximum Gasteiger partial charge on any atom is 0.164 e. The molecule has 12 rings (SSSR count). The molecule has 3 heterocycles. The van der Waals surface area contributed by atoms with Crippen LogP contribution < -0.4 is 0 Å². The zero-order valence-corrected chi connectivity index (χ0v) is 36.7. The van der Waals surface area contributed by atoms with Gasteiger partial charge in [-0.3, -0.25) is 9.97 Å². The van der Waals surface area contributed by atoms with Crippen LogP contribution in [0, 0.1) is 6.92 Å². The molecule has 0 bridgehead atoms. The van der Waals surface area contributed by atoms with Crippen LogP contribution in [-0.2, 0) is 0 Å². The van der Waals surface area contributed by atoms with Gasteiger partial charge in [0.25, 0.3) is 0 Å². The number of rotatable bonds is 8. The summed E-state index contributed by atoms with van der Waals surface area (Å²) in [5.41, 5.74) is 15.4. The Kier molecular flexibility index (Phi) is 9.80. The van der Waals surface area contributed by atoms with Gasteiger partial charge < -0.3 is 0 Å². The lowest BCUT2D eigenvalue weighted by Crippen LogP contribution is -2.01. The van der Waals surface area contributed by atoms with E-state index in [0.29, 0.717) is 17.5 Å². The summed E-state index contributed by atoms with van der Waals surface area (Å²) in [6.45, 7) is 6.23. The summed E-state index contributed by atoms with van der Waals surface area (Å²) in [4.78, 5) is 25.6. The van der Waals surface area contributed by atoms with Crippen molar-refractivity contribution in [1.29, 1.82) is 0 Å². The van der Waals surface area contributed by atoms with Gasteiger partial charge in [-0.1, -0.05) is 176 Å². The molecule has 3 aromatic heterocycles. The number of hydrogen-bond donors (Lipinski definition) is 0. The molecule has 67 heavy (non-hydrogen) atoms. The Morgan fingerprint density at radius 2 is 0.925 bits per heavy atom. The number of aryl methyl sites for hydroxylation is 1. The van der Waals surface area contributed by atoms with Crippen LogP contribution in [0.1, 0.15) is 11.1 Å². The number of pyridine rings is 2. The number of hydrogen-bond acceptors (Lipinski definition) is 5. The lowest BCUT2D eigenvalue weighted by molar-refractivity contribution is 1.07. The molecule has 0 aliphatic carbocycles. The van der Waals surface area contributed by atoms with E-state index in [9.17, 15) is 0 Å². The van der Waals surface area contributed by atoms with E-state index in [-0.39, 0.29) is 0 Å². The van der Waals surface area contributed by atoms with Crippen LogP contribution in [0.2, 0.25) is 0 Å². The van der Waals surface area contributed by atoms with Crippen molar-refractivity contribution in [2.24, 2.45) is 0 Å². The Hall–Kier alpha value is -8.93. The lowest BCUT2D eigenvalue weighted by atomic mass is 9.92. The minimum absolute atomic E-state index is 0.583. The molecule has 0 saturated carbocycles. The Balaban J connectivity index is 1.00. The van der Waals surface area contributed by atoms with Crippen LogP contribution in [0.25, 0.3) is 128 Å². The third-order valence-corrected chi connectivity index (χ3v) is 12.8. The molecule has 5 nitrogen and oxygen atoms in total. The van der Waals surface area contributed by atoms with E-state index in [1.807, 2.05) is 30.6 Å². The van der Waals surface area contributed by atoms with Gasteiger partial charge in [-0.15, -0.1) is 0 Å². The van der Waals surface area contributed by atoms with E-state index in [1.165, 1.54) is 27.5 Å². The maximum atomic E-state index is 5.25. The molecule has 0 N–H and O–H groups in total. The first-order valence-corrected chi connectivity index (χ1v) is 22.5. The molecular formula is C62H41N5. The summed E-state index contributed by atoms with van der Waals surface area (Å²) in [6, 6.07) is 70.6. The second kappa shape index (κ2) is 16.6. The molecule has 0 amide bonds. The summed E-state index contributed by atoms with van der Waals surface area (Å²) in [5.74, 6) is 1.78. The van der Waals surface area contributed by atoms with Crippen molar-refractivity contribution in [1.82, 2.24) is 24.9 Å². The first-order chi connectivity index (χ1) is 33.0. The molecule has 5 heteroatoms. The van der Waals surface area contributed by atoms with Crippen molar-refractivity contribution in [2.45, 2.75) is 6.92 Å². The first-order valence-electron chi connectivity index (χ1n) is 22.5. The Labute approximate surface area is 388 Å². The standard InChI is InChI=1S/C62H41N5/c1-3-40-32-51-31-39(2)37-63-58(51)59-57(40)36-52(38-64-59)55-30-29-50(35-56(55)43-15-8-5-9-16-43)62-66-60(45-23-21-44(22-24-45)54-20-12-18-42-17-10-11-19-53(42)54)65-61(67-62)49-28-27-47-33-46(25-26-48(47)34-49)41-13-6-4-7-14-41/h3-38H,1H2,2H3. The Bertz CT molecular complexity index is 3880. The third-order valence-electron chi connectivity index (χ3n) is 12.8. The molecule has 0 spiro atoms. The summed E-state index contributed by atoms with van der Waals surface area (Å²) >= 11 is 0. The fourth-order valence-electron chi connectivity index (χ4n) is 9.36. The van der Waals surface area contributed by atoms with Crippen LogP contribution in [0.4, 0.5) is 0 Å². The topological polar surface area (TPSA) is 64.5 Å². The fourth-order valence-corrected chi connectivity index (χ4v) is 9.36. The van der Waals surface area contributed by atoms with Crippen LogP contribution in [0.15, 0.2) is 219 Å². The van der Waals surface area contributed by atoms with Crippen molar-refractivity contribution in [3.63, 3.8) is 0 Å². The van der Waals surface area contributed by atoms with Crippen molar-refractivity contribution in [2.75, 3.05) is 0 Å². The van der Waals surface area contributed by atoms with Crippen molar-refractivity contribution in [3.8, 4) is 78.7 Å².